The highest BCUT2D eigenvalue weighted by atomic mass is 32.1. The van der Waals surface area contributed by atoms with Crippen molar-refractivity contribution in [1.29, 1.82) is 0 Å². The Bertz CT molecular complexity index is 1460. The second-order valence-electron chi connectivity index (χ2n) is 11.4. The molecule has 0 saturated heterocycles. The van der Waals surface area contributed by atoms with Crippen molar-refractivity contribution >= 4 is 44.8 Å². The van der Waals surface area contributed by atoms with Gasteiger partial charge in [0.05, 0.1) is 25.0 Å². The maximum absolute atomic E-state index is 12.8. The highest BCUT2D eigenvalue weighted by Gasteiger charge is 2.29. The van der Waals surface area contributed by atoms with Gasteiger partial charge in [0.1, 0.15) is 21.5 Å². The Morgan fingerprint density at radius 2 is 1.16 bits per heavy atom. The zero-order valence-corrected chi connectivity index (χ0v) is 27.0. The number of nitrogens with zero attached hydrogens (tertiary/aromatic N) is 4. The average molecular weight is 635 g/mol. The lowest BCUT2D eigenvalue weighted by Gasteiger charge is -2.25. The van der Waals surface area contributed by atoms with Gasteiger partial charge in [-0.2, -0.15) is 0 Å². The van der Waals surface area contributed by atoms with Gasteiger partial charge in [0.15, 0.2) is 0 Å². The van der Waals surface area contributed by atoms with Gasteiger partial charge in [0.2, 0.25) is 22.1 Å². The number of aromatic nitrogens is 4. The van der Waals surface area contributed by atoms with Crippen LogP contribution in [0.1, 0.15) is 86.4 Å². The van der Waals surface area contributed by atoms with E-state index in [0.717, 1.165) is 46.8 Å². The molecule has 2 amide bonds. The second kappa shape index (κ2) is 14.7. The van der Waals surface area contributed by atoms with Crippen LogP contribution in [0.5, 0.6) is 11.5 Å². The van der Waals surface area contributed by atoms with Gasteiger partial charge < -0.3 is 20.1 Å². The van der Waals surface area contributed by atoms with Crippen LogP contribution in [0, 0.1) is 0 Å². The Morgan fingerprint density at radius 1 is 0.727 bits per heavy atom. The van der Waals surface area contributed by atoms with Crippen molar-refractivity contribution in [1.82, 2.24) is 20.4 Å². The molecule has 0 bridgehead atoms. The normalized spacial score (nSPS) is 16.6. The summed E-state index contributed by atoms with van der Waals surface area (Å²) in [4.78, 5) is 25.6. The Hall–Kier alpha value is -3.90. The molecule has 2 unspecified atom stereocenters. The molecule has 12 heteroatoms. The zero-order valence-electron chi connectivity index (χ0n) is 25.4. The molecule has 10 nitrogen and oxygen atoms in total. The minimum absolute atomic E-state index is 0.0212. The van der Waals surface area contributed by atoms with Gasteiger partial charge in [0.25, 0.3) is 0 Å². The monoisotopic (exact) mass is 634 g/mol. The summed E-state index contributed by atoms with van der Waals surface area (Å²) in [6.07, 6.45) is 4.32. The van der Waals surface area contributed by atoms with Crippen molar-refractivity contribution < 1.29 is 19.1 Å². The van der Waals surface area contributed by atoms with Crippen molar-refractivity contribution in [3.05, 3.63) is 69.7 Å². The molecular weight excluding hydrogens is 597 g/mol. The fraction of sp³-hybridized carbons (Fsp3) is 0.438. The van der Waals surface area contributed by atoms with Crippen LogP contribution < -0.4 is 20.1 Å². The number of benzene rings is 2. The summed E-state index contributed by atoms with van der Waals surface area (Å²) in [6, 6.07) is 15.2. The number of ether oxygens (including phenoxy) is 2. The minimum Gasteiger partial charge on any atom is -0.491 e. The van der Waals surface area contributed by atoms with Crippen molar-refractivity contribution in [2.24, 2.45) is 0 Å². The molecule has 1 aliphatic rings. The standard InChI is InChI=1S/C32H38N6O4S2/c1-19(2)41-25-14-7-5-10-21(25)17-27(39)33-31-37-35-29(43-31)23-12-9-13-24(16-23)30-36-38-32(44-30)34-28(40)18-22-11-6-8-15-26(22)42-20(3)4/h5-8,10-11,14-15,19-20,23-24H,9,12-13,16-18H2,1-4H3,(H,33,37,39)(H,34,38,40). The average Bonchev–Trinajstić information content (AvgIpc) is 3.65. The minimum atomic E-state index is -0.159. The predicted molar refractivity (Wildman–Crippen MR) is 173 cm³/mol. The number of para-hydroxylation sites is 2. The van der Waals surface area contributed by atoms with E-state index in [1.54, 1.807) is 0 Å². The van der Waals surface area contributed by atoms with Crippen LogP contribution in [0.3, 0.4) is 0 Å². The summed E-state index contributed by atoms with van der Waals surface area (Å²) in [5.41, 5.74) is 1.66. The van der Waals surface area contributed by atoms with E-state index in [0.29, 0.717) is 21.8 Å². The molecule has 4 aromatic rings. The predicted octanol–water partition coefficient (Wildman–Crippen LogP) is 6.77. The van der Waals surface area contributed by atoms with E-state index in [1.807, 2.05) is 76.2 Å². The fourth-order valence-corrected chi connectivity index (χ4v) is 7.06. The molecular formula is C32H38N6O4S2. The van der Waals surface area contributed by atoms with E-state index in [-0.39, 0.29) is 48.7 Å². The third-order valence-corrected chi connectivity index (χ3v) is 9.12. The number of nitrogens with one attached hydrogen (secondary N) is 2. The summed E-state index contributed by atoms with van der Waals surface area (Å²) in [7, 11) is 0. The first-order valence-electron chi connectivity index (χ1n) is 15.0. The molecule has 0 aliphatic heterocycles. The number of rotatable bonds is 12. The molecule has 2 heterocycles. The number of carbonyl (C=O) groups is 2. The first-order valence-corrected chi connectivity index (χ1v) is 16.6. The molecule has 2 atom stereocenters. The van der Waals surface area contributed by atoms with Crippen LogP contribution in [0.2, 0.25) is 0 Å². The van der Waals surface area contributed by atoms with Crippen LogP contribution in [0.25, 0.3) is 0 Å². The van der Waals surface area contributed by atoms with E-state index >= 15 is 0 Å². The Balaban J connectivity index is 1.15. The van der Waals surface area contributed by atoms with E-state index in [2.05, 4.69) is 31.0 Å². The van der Waals surface area contributed by atoms with Gasteiger partial charge in [-0.15, -0.1) is 20.4 Å². The summed E-state index contributed by atoms with van der Waals surface area (Å²) in [5, 5.41) is 26.0. The molecule has 0 radical (unpaired) electrons. The lowest BCUT2D eigenvalue weighted by atomic mass is 9.82. The Morgan fingerprint density at radius 3 is 1.59 bits per heavy atom. The smallest absolute Gasteiger partial charge is 0.230 e. The largest absolute Gasteiger partial charge is 0.491 e. The second-order valence-corrected chi connectivity index (χ2v) is 13.5. The van der Waals surface area contributed by atoms with Crippen molar-refractivity contribution in [3.8, 4) is 11.5 Å². The van der Waals surface area contributed by atoms with Gasteiger partial charge in [-0.3, -0.25) is 9.59 Å². The van der Waals surface area contributed by atoms with Gasteiger partial charge in [0, 0.05) is 23.0 Å². The molecule has 0 spiro atoms. The van der Waals surface area contributed by atoms with Crippen LogP contribution in [0.15, 0.2) is 48.5 Å². The molecule has 1 aliphatic carbocycles. The van der Waals surface area contributed by atoms with Crippen LogP contribution in [-0.2, 0) is 22.4 Å². The highest BCUT2D eigenvalue weighted by molar-refractivity contribution is 7.15. The number of hydrogen-bond acceptors (Lipinski definition) is 10. The molecule has 2 aromatic heterocycles. The third-order valence-electron chi connectivity index (χ3n) is 7.12. The van der Waals surface area contributed by atoms with Gasteiger partial charge in [-0.05, 0) is 59.1 Å². The van der Waals surface area contributed by atoms with Crippen molar-refractivity contribution in [3.63, 3.8) is 0 Å². The molecule has 2 N–H and O–H groups in total. The Labute approximate surface area is 265 Å². The molecule has 5 rings (SSSR count). The molecule has 1 saturated carbocycles. The number of carbonyl (C=O) groups excluding carboxylic acids is 2. The quantitative estimate of drug-likeness (QED) is 0.175. The summed E-state index contributed by atoms with van der Waals surface area (Å²) in [6.45, 7) is 7.85. The fourth-order valence-electron chi connectivity index (χ4n) is 5.25. The van der Waals surface area contributed by atoms with Gasteiger partial charge in [-0.25, -0.2) is 0 Å². The third kappa shape index (κ3) is 8.60. The maximum atomic E-state index is 12.8. The molecule has 44 heavy (non-hydrogen) atoms. The van der Waals surface area contributed by atoms with Crippen LogP contribution >= 0.6 is 22.7 Å². The zero-order chi connectivity index (χ0) is 31.1. The lowest BCUT2D eigenvalue weighted by Crippen LogP contribution is -2.16. The number of amides is 2. The van der Waals surface area contributed by atoms with E-state index in [1.165, 1.54) is 22.7 Å². The first-order chi connectivity index (χ1) is 21.2. The topological polar surface area (TPSA) is 128 Å². The molecule has 1 fully saturated rings. The van der Waals surface area contributed by atoms with E-state index in [9.17, 15) is 9.59 Å². The number of hydrogen-bond donors (Lipinski definition) is 2. The highest BCUT2D eigenvalue weighted by Crippen LogP contribution is 2.43. The molecule has 2 aromatic carbocycles. The maximum Gasteiger partial charge on any atom is 0.230 e. The lowest BCUT2D eigenvalue weighted by molar-refractivity contribution is -0.116. The number of anilines is 2. The van der Waals surface area contributed by atoms with Crippen molar-refractivity contribution in [2.75, 3.05) is 10.6 Å². The SMILES string of the molecule is CC(C)Oc1ccccc1CC(=O)Nc1nnc(C2CCCC(c3nnc(NC(=O)Cc4ccccc4OC(C)C)s3)C2)s1. The van der Waals surface area contributed by atoms with Gasteiger partial charge in [-0.1, -0.05) is 65.5 Å². The van der Waals surface area contributed by atoms with Crippen molar-refractivity contribution in [2.45, 2.75) is 90.3 Å². The van der Waals surface area contributed by atoms with E-state index < -0.39 is 0 Å². The van der Waals surface area contributed by atoms with Crippen LogP contribution in [-0.4, -0.2) is 44.4 Å². The first kappa shape index (κ1) is 31.5. The summed E-state index contributed by atoms with van der Waals surface area (Å²) < 4.78 is 11.7. The summed E-state index contributed by atoms with van der Waals surface area (Å²) >= 11 is 2.85. The van der Waals surface area contributed by atoms with Gasteiger partial charge >= 0.3 is 0 Å². The van der Waals surface area contributed by atoms with E-state index in [4.69, 9.17) is 9.47 Å². The Kier molecular flexibility index (Phi) is 10.5. The van der Waals surface area contributed by atoms with Crippen LogP contribution in [0.4, 0.5) is 10.3 Å². The summed E-state index contributed by atoms with van der Waals surface area (Å²) in [5.74, 6) is 1.55. The molecule has 232 valence electrons.